The molecule has 1 aliphatic rings. The highest BCUT2D eigenvalue weighted by atomic mass is 16.7. The number of aromatic nitrogens is 2. The molecule has 1 aliphatic heterocycles. The van der Waals surface area contributed by atoms with Crippen molar-refractivity contribution in [1.29, 1.82) is 0 Å². The highest BCUT2D eigenvalue weighted by Crippen LogP contribution is 2.32. The number of hydrogen-bond donors (Lipinski definition) is 2. The molecule has 8 heteroatoms. The van der Waals surface area contributed by atoms with Crippen molar-refractivity contribution in [3.05, 3.63) is 59.5 Å². The van der Waals surface area contributed by atoms with Gasteiger partial charge in [-0.2, -0.15) is 0 Å². The summed E-state index contributed by atoms with van der Waals surface area (Å²) >= 11 is 0. The van der Waals surface area contributed by atoms with Crippen LogP contribution in [0.5, 0.6) is 11.5 Å². The number of benzene rings is 1. The molecule has 0 bridgehead atoms. The lowest BCUT2D eigenvalue weighted by Gasteiger charge is -2.08. The standard InChI is InChI=1S/C18H16N4O4/c1-11-6-17(22-26-11)21-18(23)13-4-5-19-16(8-13)20-9-12-2-3-14-15(7-12)25-10-24-14/h2-8H,9-10H2,1H3,(H,19,20)(H,21,22,23). The Balaban J connectivity index is 1.41. The molecule has 0 fully saturated rings. The van der Waals surface area contributed by atoms with Gasteiger partial charge in [0.15, 0.2) is 17.3 Å². The van der Waals surface area contributed by atoms with Gasteiger partial charge < -0.3 is 24.6 Å². The van der Waals surface area contributed by atoms with Crippen molar-refractivity contribution in [3.8, 4) is 11.5 Å². The first kappa shape index (κ1) is 15.9. The average Bonchev–Trinajstić information content (AvgIpc) is 3.28. The van der Waals surface area contributed by atoms with Gasteiger partial charge in [0.05, 0.1) is 0 Å². The molecular formula is C18H16N4O4. The van der Waals surface area contributed by atoms with Gasteiger partial charge in [-0.25, -0.2) is 4.98 Å². The van der Waals surface area contributed by atoms with Crippen molar-refractivity contribution in [2.24, 2.45) is 0 Å². The fourth-order valence-corrected chi connectivity index (χ4v) is 2.53. The molecule has 132 valence electrons. The first-order valence-electron chi connectivity index (χ1n) is 8.00. The molecule has 3 aromatic rings. The summed E-state index contributed by atoms with van der Waals surface area (Å²) in [5.41, 5.74) is 1.48. The summed E-state index contributed by atoms with van der Waals surface area (Å²) in [6.45, 7) is 2.54. The summed E-state index contributed by atoms with van der Waals surface area (Å²) in [6, 6.07) is 10.7. The Morgan fingerprint density at radius 3 is 2.85 bits per heavy atom. The minimum absolute atomic E-state index is 0.246. The van der Waals surface area contributed by atoms with Gasteiger partial charge in [0.1, 0.15) is 11.6 Å². The quantitative estimate of drug-likeness (QED) is 0.728. The number of nitrogens with one attached hydrogen (secondary N) is 2. The number of nitrogens with zero attached hydrogens (tertiary/aromatic N) is 2. The number of carbonyl (C=O) groups excluding carboxylic acids is 1. The molecule has 0 saturated heterocycles. The van der Waals surface area contributed by atoms with E-state index in [-0.39, 0.29) is 12.7 Å². The lowest BCUT2D eigenvalue weighted by Crippen LogP contribution is -2.13. The van der Waals surface area contributed by atoms with Crippen LogP contribution in [0.25, 0.3) is 0 Å². The van der Waals surface area contributed by atoms with Gasteiger partial charge in [0.2, 0.25) is 6.79 Å². The van der Waals surface area contributed by atoms with Crippen molar-refractivity contribution in [1.82, 2.24) is 10.1 Å². The van der Waals surface area contributed by atoms with Crippen LogP contribution in [0.2, 0.25) is 0 Å². The van der Waals surface area contributed by atoms with Crippen LogP contribution in [0.3, 0.4) is 0 Å². The summed E-state index contributed by atoms with van der Waals surface area (Å²) in [4.78, 5) is 16.5. The van der Waals surface area contributed by atoms with E-state index in [1.165, 1.54) is 0 Å². The SMILES string of the molecule is Cc1cc(NC(=O)c2ccnc(NCc3ccc4c(c3)OCO4)c2)no1. The molecule has 26 heavy (non-hydrogen) atoms. The molecule has 8 nitrogen and oxygen atoms in total. The highest BCUT2D eigenvalue weighted by molar-refractivity contribution is 6.04. The molecule has 0 unspecified atom stereocenters. The third-order valence-electron chi connectivity index (χ3n) is 3.80. The van der Waals surface area contributed by atoms with Crippen molar-refractivity contribution in [3.63, 3.8) is 0 Å². The Labute approximate surface area is 149 Å². The lowest BCUT2D eigenvalue weighted by atomic mass is 10.2. The smallest absolute Gasteiger partial charge is 0.257 e. The molecule has 3 heterocycles. The van der Waals surface area contributed by atoms with E-state index < -0.39 is 0 Å². The van der Waals surface area contributed by atoms with E-state index >= 15 is 0 Å². The molecule has 1 aromatic carbocycles. The van der Waals surface area contributed by atoms with E-state index in [1.807, 2.05) is 18.2 Å². The summed E-state index contributed by atoms with van der Waals surface area (Å²) in [7, 11) is 0. The molecule has 4 rings (SSSR count). The number of anilines is 2. The topological polar surface area (TPSA) is 98.5 Å². The van der Waals surface area contributed by atoms with Crippen LogP contribution in [0, 0.1) is 6.92 Å². The molecule has 0 atom stereocenters. The van der Waals surface area contributed by atoms with Crippen molar-refractivity contribution in [2.75, 3.05) is 17.4 Å². The van der Waals surface area contributed by atoms with E-state index in [4.69, 9.17) is 14.0 Å². The van der Waals surface area contributed by atoms with Crippen molar-refractivity contribution in [2.45, 2.75) is 13.5 Å². The monoisotopic (exact) mass is 352 g/mol. The van der Waals surface area contributed by atoms with Gasteiger partial charge in [0, 0.05) is 24.4 Å². The highest BCUT2D eigenvalue weighted by Gasteiger charge is 2.13. The van der Waals surface area contributed by atoms with E-state index in [0.717, 1.165) is 17.1 Å². The third kappa shape index (κ3) is 3.44. The maximum atomic E-state index is 12.3. The minimum atomic E-state index is -0.285. The maximum Gasteiger partial charge on any atom is 0.257 e. The molecular weight excluding hydrogens is 336 g/mol. The van der Waals surface area contributed by atoms with E-state index in [1.54, 1.807) is 31.3 Å². The number of aryl methyl sites for hydroxylation is 1. The Bertz CT molecular complexity index is 954. The molecule has 2 aromatic heterocycles. The number of carbonyl (C=O) groups is 1. The summed E-state index contributed by atoms with van der Waals surface area (Å²) in [5.74, 6) is 2.78. The van der Waals surface area contributed by atoms with Crippen LogP contribution in [-0.4, -0.2) is 22.8 Å². The summed E-state index contributed by atoms with van der Waals surface area (Å²) in [5, 5.41) is 9.62. The fourth-order valence-electron chi connectivity index (χ4n) is 2.53. The van der Waals surface area contributed by atoms with Crippen LogP contribution >= 0.6 is 0 Å². The first-order chi connectivity index (χ1) is 12.7. The van der Waals surface area contributed by atoms with Gasteiger partial charge in [-0.05, 0) is 36.8 Å². The number of ether oxygens (including phenoxy) is 2. The maximum absolute atomic E-state index is 12.3. The zero-order valence-corrected chi connectivity index (χ0v) is 14.0. The molecule has 0 aliphatic carbocycles. The Morgan fingerprint density at radius 1 is 1.12 bits per heavy atom. The van der Waals surface area contributed by atoms with Gasteiger partial charge >= 0.3 is 0 Å². The van der Waals surface area contributed by atoms with Gasteiger partial charge in [-0.1, -0.05) is 11.2 Å². The predicted octanol–water partition coefficient (Wildman–Crippen LogP) is 2.97. The van der Waals surface area contributed by atoms with Gasteiger partial charge in [-0.3, -0.25) is 4.79 Å². The second-order valence-corrected chi connectivity index (χ2v) is 5.75. The number of amides is 1. The normalized spacial score (nSPS) is 12.0. The zero-order valence-electron chi connectivity index (χ0n) is 14.0. The summed E-state index contributed by atoms with van der Waals surface area (Å²) in [6.07, 6.45) is 1.57. The first-order valence-corrected chi connectivity index (χ1v) is 8.00. The number of rotatable bonds is 5. The van der Waals surface area contributed by atoms with Gasteiger partial charge in [-0.15, -0.1) is 0 Å². The number of pyridine rings is 1. The second-order valence-electron chi connectivity index (χ2n) is 5.75. The Hall–Kier alpha value is -3.55. The van der Waals surface area contributed by atoms with Crippen LogP contribution in [0.1, 0.15) is 21.7 Å². The average molecular weight is 352 g/mol. The predicted molar refractivity (Wildman–Crippen MR) is 93.3 cm³/mol. The fraction of sp³-hybridized carbons (Fsp3) is 0.167. The second kappa shape index (κ2) is 6.75. The van der Waals surface area contributed by atoms with E-state index in [2.05, 4.69) is 20.8 Å². The van der Waals surface area contributed by atoms with Crippen molar-refractivity contribution >= 4 is 17.5 Å². The minimum Gasteiger partial charge on any atom is -0.454 e. The van der Waals surface area contributed by atoms with Crippen LogP contribution in [0.4, 0.5) is 11.6 Å². The van der Waals surface area contributed by atoms with Crippen LogP contribution < -0.4 is 20.1 Å². The molecule has 0 radical (unpaired) electrons. The largest absolute Gasteiger partial charge is 0.454 e. The zero-order chi connectivity index (χ0) is 17.9. The number of fused-ring (bicyclic) bond motifs is 1. The van der Waals surface area contributed by atoms with Crippen LogP contribution in [0.15, 0.2) is 47.1 Å². The number of hydrogen-bond acceptors (Lipinski definition) is 7. The summed E-state index contributed by atoms with van der Waals surface area (Å²) < 4.78 is 15.6. The third-order valence-corrected chi connectivity index (χ3v) is 3.80. The lowest BCUT2D eigenvalue weighted by molar-refractivity contribution is 0.102. The van der Waals surface area contributed by atoms with Gasteiger partial charge in [0.25, 0.3) is 5.91 Å². The van der Waals surface area contributed by atoms with E-state index in [0.29, 0.717) is 29.5 Å². The van der Waals surface area contributed by atoms with E-state index in [9.17, 15) is 4.79 Å². The molecule has 0 spiro atoms. The van der Waals surface area contributed by atoms with Crippen LogP contribution in [-0.2, 0) is 6.54 Å². The Morgan fingerprint density at radius 2 is 2.00 bits per heavy atom. The van der Waals surface area contributed by atoms with Crippen molar-refractivity contribution < 1.29 is 18.8 Å². The molecule has 2 N–H and O–H groups in total. The molecule has 1 amide bonds. The molecule has 0 saturated carbocycles. The Kier molecular flexibility index (Phi) is 4.14.